The Labute approximate surface area is 133 Å². The smallest absolute Gasteiger partial charge is 0.307 e. The minimum absolute atomic E-state index is 0.0323. The summed E-state index contributed by atoms with van der Waals surface area (Å²) in [6, 6.07) is 6.03. The van der Waals surface area contributed by atoms with Crippen molar-refractivity contribution in [1.82, 2.24) is 4.90 Å². The van der Waals surface area contributed by atoms with Crippen LogP contribution in [-0.2, 0) is 20.7 Å². The molecule has 0 spiro atoms. The summed E-state index contributed by atoms with van der Waals surface area (Å²) in [5, 5.41) is 19.9. The molecule has 0 aromatic heterocycles. The molecule has 23 heavy (non-hydrogen) atoms. The molecule has 0 bridgehead atoms. The van der Waals surface area contributed by atoms with E-state index in [4.69, 9.17) is 5.11 Å². The lowest BCUT2D eigenvalue weighted by atomic mass is 10.1. The molecule has 1 amide bonds. The van der Waals surface area contributed by atoms with E-state index in [-0.39, 0.29) is 44.1 Å². The molecular weight excluding hydrogens is 304 g/mol. The monoisotopic (exact) mass is 324 g/mol. The third kappa shape index (κ3) is 6.03. The number of hydrogen-bond donors (Lipinski definition) is 1. The van der Waals surface area contributed by atoms with Crippen LogP contribution in [0.5, 0.6) is 0 Å². The minimum atomic E-state index is -0.533. The maximum Gasteiger partial charge on any atom is 0.307 e. The zero-order chi connectivity index (χ0) is 17.2. The van der Waals surface area contributed by atoms with Crippen LogP contribution in [0.3, 0.4) is 0 Å². The number of amides is 1. The molecule has 0 heterocycles. The van der Waals surface area contributed by atoms with Crippen molar-refractivity contribution in [1.29, 1.82) is 0 Å². The first-order valence-electron chi connectivity index (χ1n) is 7.17. The van der Waals surface area contributed by atoms with Crippen molar-refractivity contribution < 1.29 is 24.4 Å². The number of nitro benzene ring substituents is 1. The van der Waals surface area contributed by atoms with Gasteiger partial charge in [0.15, 0.2) is 0 Å². The molecule has 0 aliphatic carbocycles. The third-order valence-electron chi connectivity index (χ3n) is 3.28. The number of carbonyl (C=O) groups excluding carboxylic acids is 2. The second kappa shape index (κ2) is 9.52. The topological polar surface area (TPSA) is 110 Å². The number of benzene rings is 1. The van der Waals surface area contributed by atoms with Gasteiger partial charge in [0, 0.05) is 31.3 Å². The van der Waals surface area contributed by atoms with Gasteiger partial charge in [-0.05, 0) is 6.42 Å². The van der Waals surface area contributed by atoms with Gasteiger partial charge in [-0.1, -0.05) is 18.2 Å². The first-order valence-corrected chi connectivity index (χ1v) is 7.17. The first kappa shape index (κ1) is 18.6. The van der Waals surface area contributed by atoms with Crippen LogP contribution in [0.1, 0.15) is 18.4 Å². The van der Waals surface area contributed by atoms with Gasteiger partial charge >= 0.3 is 5.97 Å². The van der Waals surface area contributed by atoms with Gasteiger partial charge in [-0.15, -0.1) is 0 Å². The van der Waals surface area contributed by atoms with Crippen molar-refractivity contribution in [3.05, 3.63) is 39.9 Å². The average Bonchev–Trinajstić information content (AvgIpc) is 2.54. The van der Waals surface area contributed by atoms with Crippen LogP contribution in [0.15, 0.2) is 24.3 Å². The zero-order valence-corrected chi connectivity index (χ0v) is 12.9. The normalized spacial score (nSPS) is 10.2. The molecule has 0 unspecified atom stereocenters. The molecule has 0 fully saturated rings. The number of aliphatic hydroxyl groups is 1. The second-order valence-electron chi connectivity index (χ2n) is 4.85. The molecule has 1 rings (SSSR count). The van der Waals surface area contributed by atoms with E-state index in [1.54, 1.807) is 6.07 Å². The summed E-state index contributed by atoms with van der Waals surface area (Å²) < 4.78 is 4.54. The van der Waals surface area contributed by atoms with Gasteiger partial charge in [-0.25, -0.2) is 0 Å². The second-order valence-corrected chi connectivity index (χ2v) is 4.85. The number of rotatable bonds is 9. The summed E-state index contributed by atoms with van der Waals surface area (Å²) in [6.45, 7) is 0.326. The number of aliphatic hydroxyl groups excluding tert-OH is 1. The van der Waals surface area contributed by atoms with Crippen LogP contribution < -0.4 is 0 Å². The number of nitro groups is 1. The lowest BCUT2D eigenvalue weighted by Crippen LogP contribution is -2.35. The fraction of sp³-hybridized carbons (Fsp3) is 0.467. The Balaban J connectivity index is 2.80. The predicted molar refractivity (Wildman–Crippen MR) is 81.7 cm³/mol. The average molecular weight is 324 g/mol. The summed E-state index contributed by atoms with van der Waals surface area (Å²) in [6.07, 6.45) is 0.262. The molecule has 0 aliphatic rings. The van der Waals surface area contributed by atoms with E-state index in [0.717, 1.165) is 0 Å². The molecule has 8 nitrogen and oxygen atoms in total. The van der Waals surface area contributed by atoms with Crippen LogP contribution in [0.2, 0.25) is 0 Å². The molecule has 0 saturated carbocycles. The predicted octanol–water partition coefficient (Wildman–Crippen LogP) is 0.911. The van der Waals surface area contributed by atoms with Gasteiger partial charge < -0.3 is 14.7 Å². The van der Waals surface area contributed by atoms with Gasteiger partial charge in [0.1, 0.15) is 0 Å². The van der Waals surface area contributed by atoms with Crippen molar-refractivity contribution in [2.24, 2.45) is 0 Å². The largest absolute Gasteiger partial charge is 0.469 e. The SMILES string of the molecule is COC(=O)CCN(CCCO)C(=O)Cc1ccccc1[N+](=O)[O-]. The highest BCUT2D eigenvalue weighted by Gasteiger charge is 2.20. The van der Waals surface area contributed by atoms with Crippen LogP contribution >= 0.6 is 0 Å². The Morgan fingerprint density at radius 3 is 2.61 bits per heavy atom. The Morgan fingerprint density at radius 2 is 2.00 bits per heavy atom. The van der Waals surface area contributed by atoms with E-state index in [0.29, 0.717) is 12.0 Å². The lowest BCUT2D eigenvalue weighted by molar-refractivity contribution is -0.385. The standard InChI is InChI=1S/C15H20N2O6/c1-23-15(20)7-9-16(8-4-10-18)14(19)11-12-5-2-3-6-13(12)17(21)22/h2-3,5-6,18H,4,7-11H2,1H3. The van der Waals surface area contributed by atoms with Crippen molar-refractivity contribution in [3.63, 3.8) is 0 Å². The Morgan fingerprint density at radius 1 is 1.30 bits per heavy atom. The quantitative estimate of drug-likeness (QED) is 0.411. The first-order chi connectivity index (χ1) is 11.0. The summed E-state index contributed by atoms with van der Waals surface area (Å²) in [5.74, 6) is -0.783. The molecule has 0 atom stereocenters. The lowest BCUT2D eigenvalue weighted by Gasteiger charge is -2.22. The van der Waals surface area contributed by atoms with Gasteiger partial charge in [0.25, 0.3) is 5.69 Å². The fourth-order valence-corrected chi connectivity index (χ4v) is 2.06. The van der Waals surface area contributed by atoms with Gasteiger partial charge in [-0.2, -0.15) is 0 Å². The highest BCUT2D eigenvalue weighted by atomic mass is 16.6. The summed E-state index contributed by atoms with van der Waals surface area (Å²) >= 11 is 0. The Bertz CT molecular complexity index is 561. The zero-order valence-electron chi connectivity index (χ0n) is 12.9. The molecule has 1 N–H and O–H groups in total. The molecule has 1 aromatic carbocycles. The fourth-order valence-electron chi connectivity index (χ4n) is 2.06. The van der Waals surface area contributed by atoms with Gasteiger partial charge in [-0.3, -0.25) is 19.7 Å². The van der Waals surface area contributed by atoms with Crippen molar-refractivity contribution in [2.75, 3.05) is 26.8 Å². The highest BCUT2D eigenvalue weighted by Crippen LogP contribution is 2.19. The summed E-state index contributed by atoms with van der Waals surface area (Å²) in [7, 11) is 1.26. The van der Waals surface area contributed by atoms with Crippen LogP contribution in [0.4, 0.5) is 5.69 Å². The molecular formula is C15H20N2O6. The third-order valence-corrected chi connectivity index (χ3v) is 3.28. The van der Waals surface area contributed by atoms with E-state index in [9.17, 15) is 19.7 Å². The van der Waals surface area contributed by atoms with Crippen molar-refractivity contribution >= 4 is 17.6 Å². The van der Waals surface area contributed by atoms with Crippen LogP contribution in [0.25, 0.3) is 0 Å². The van der Waals surface area contributed by atoms with E-state index in [2.05, 4.69) is 4.74 Å². The number of nitrogens with zero attached hydrogens (tertiary/aromatic N) is 2. The Kier molecular flexibility index (Phi) is 7.69. The van der Waals surface area contributed by atoms with Crippen LogP contribution in [0, 0.1) is 10.1 Å². The molecule has 0 aliphatic heterocycles. The molecule has 0 radical (unpaired) electrons. The number of carbonyl (C=O) groups is 2. The van der Waals surface area contributed by atoms with E-state index in [1.165, 1.54) is 30.2 Å². The number of methoxy groups -OCH3 is 1. The molecule has 0 saturated heterocycles. The van der Waals surface area contributed by atoms with Crippen LogP contribution in [-0.4, -0.2) is 53.6 Å². The van der Waals surface area contributed by atoms with Gasteiger partial charge in [0.2, 0.25) is 5.91 Å². The number of para-hydroxylation sites is 1. The number of ether oxygens (including phenoxy) is 1. The molecule has 126 valence electrons. The number of hydrogen-bond acceptors (Lipinski definition) is 6. The summed E-state index contributed by atoms with van der Waals surface area (Å²) in [4.78, 5) is 35.4. The molecule has 8 heteroatoms. The Hall–Kier alpha value is -2.48. The maximum absolute atomic E-state index is 12.4. The highest BCUT2D eigenvalue weighted by molar-refractivity contribution is 5.80. The van der Waals surface area contributed by atoms with E-state index >= 15 is 0 Å². The van der Waals surface area contributed by atoms with E-state index in [1.807, 2.05) is 0 Å². The van der Waals surface area contributed by atoms with E-state index < -0.39 is 10.9 Å². The maximum atomic E-state index is 12.4. The minimum Gasteiger partial charge on any atom is -0.469 e. The summed E-state index contributed by atoms with van der Waals surface area (Å²) in [5.41, 5.74) is 0.200. The van der Waals surface area contributed by atoms with Gasteiger partial charge in [0.05, 0.1) is 24.9 Å². The van der Waals surface area contributed by atoms with Crippen molar-refractivity contribution in [3.8, 4) is 0 Å². The number of esters is 1. The molecule has 1 aromatic rings. The van der Waals surface area contributed by atoms with Crippen molar-refractivity contribution in [2.45, 2.75) is 19.3 Å².